The van der Waals surface area contributed by atoms with E-state index in [1.54, 1.807) is 41.1 Å². The number of anilines is 2. The van der Waals surface area contributed by atoms with Crippen LogP contribution in [0.25, 0.3) is 0 Å². The van der Waals surface area contributed by atoms with Crippen LogP contribution in [0.5, 0.6) is 0 Å². The zero-order valence-electron chi connectivity index (χ0n) is 20.0. The second kappa shape index (κ2) is 10.4. The Hall–Kier alpha value is -4.21. The molecule has 0 saturated carbocycles. The highest BCUT2D eigenvalue weighted by molar-refractivity contribution is 5.95. The van der Waals surface area contributed by atoms with E-state index in [4.69, 9.17) is 10.7 Å². The number of nitrogens with two attached hydrogens (primary N) is 1. The van der Waals surface area contributed by atoms with Crippen LogP contribution in [0.15, 0.2) is 65.6 Å². The number of fused-ring (bicyclic) bond motifs is 1. The molecule has 1 unspecified atom stereocenters. The van der Waals surface area contributed by atoms with Gasteiger partial charge in [0.15, 0.2) is 0 Å². The third-order valence-electron chi connectivity index (χ3n) is 6.07. The van der Waals surface area contributed by atoms with Crippen LogP contribution in [-0.4, -0.2) is 64.1 Å². The predicted molar refractivity (Wildman–Crippen MR) is 136 cm³/mol. The fourth-order valence-corrected chi connectivity index (χ4v) is 4.31. The normalized spacial score (nSPS) is 18.5. The SMILES string of the molecule is C=CC(=O)N1CCC(N2C(=O)N(Cc3ccccc3)Cc3cnc(NC(C=NC)=C(C)N)nc32)C1. The van der Waals surface area contributed by atoms with E-state index in [0.29, 0.717) is 55.8 Å². The molecule has 3 heterocycles. The first kappa shape index (κ1) is 23.9. The van der Waals surface area contributed by atoms with E-state index < -0.39 is 0 Å². The number of nitrogens with zero attached hydrogens (tertiary/aromatic N) is 6. The second-order valence-electron chi connectivity index (χ2n) is 8.58. The van der Waals surface area contributed by atoms with Crippen molar-refractivity contribution >= 4 is 29.9 Å². The van der Waals surface area contributed by atoms with Crippen molar-refractivity contribution in [2.24, 2.45) is 10.7 Å². The lowest BCUT2D eigenvalue weighted by atomic mass is 10.1. The maximum absolute atomic E-state index is 13.8. The van der Waals surface area contributed by atoms with Crippen LogP contribution in [0.3, 0.4) is 0 Å². The van der Waals surface area contributed by atoms with Crippen molar-refractivity contribution in [3.63, 3.8) is 0 Å². The van der Waals surface area contributed by atoms with E-state index in [9.17, 15) is 9.59 Å². The summed E-state index contributed by atoms with van der Waals surface area (Å²) in [7, 11) is 1.65. The highest BCUT2D eigenvalue weighted by atomic mass is 16.2. The van der Waals surface area contributed by atoms with Crippen LogP contribution in [0.1, 0.15) is 24.5 Å². The summed E-state index contributed by atoms with van der Waals surface area (Å²) < 4.78 is 0. The number of hydrogen-bond donors (Lipinski definition) is 2. The fourth-order valence-electron chi connectivity index (χ4n) is 4.31. The molecule has 0 spiro atoms. The number of benzene rings is 1. The zero-order chi connectivity index (χ0) is 24.9. The summed E-state index contributed by atoms with van der Waals surface area (Å²) in [5, 5.41) is 3.10. The molecular formula is C25H30N8O2. The summed E-state index contributed by atoms with van der Waals surface area (Å²) in [6.45, 7) is 7.15. The van der Waals surface area contributed by atoms with Crippen molar-refractivity contribution in [3.8, 4) is 0 Å². The standard InChI is InChI=1S/C25H30N8O2/c1-4-22(34)31-11-10-20(16-31)33-23-19(12-28-24(30-23)29-21(13-27-3)17(2)26)15-32(25(33)35)14-18-8-6-5-7-9-18/h4-9,12-13,20H,1,10-11,14-16,26H2,2-3H3,(H,28,29,30). The first-order valence-electron chi connectivity index (χ1n) is 11.5. The molecule has 2 aromatic rings. The average molecular weight is 475 g/mol. The number of urea groups is 1. The Morgan fingerprint density at radius 3 is 2.80 bits per heavy atom. The van der Waals surface area contributed by atoms with Gasteiger partial charge in [-0.2, -0.15) is 4.98 Å². The van der Waals surface area contributed by atoms with Gasteiger partial charge in [0, 0.05) is 50.4 Å². The average Bonchev–Trinajstić information content (AvgIpc) is 3.34. The maximum atomic E-state index is 13.8. The molecule has 2 aliphatic heterocycles. The van der Waals surface area contributed by atoms with E-state index in [1.807, 2.05) is 30.3 Å². The monoisotopic (exact) mass is 474 g/mol. The lowest BCUT2D eigenvalue weighted by Gasteiger charge is -2.39. The first-order valence-corrected chi connectivity index (χ1v) is 11.5. The number of carbonyl (C=O) groups excluding carboxylic acids is 2. The number of hydrogen-bond acceptors (Lipinski definition) is 7. The summed E-state index contributed by atoms with van der Waals surface area (Å²) in [6, 6.07) is 9.49. The molecule has 4 rings (SSSR count). The zero-order valence-corrected chi connectivity index (χ0v) is 20.0. The molecule has 0 radical (unpaired) electrons. The third kappa shape index (κ3) is 5.16. The van der Waals surface area contributed by atoms with E-state index in [0.717, 1.165) is 11.1 Å². The molecule has 1 aromatic heterocycles. The minimum absolute atomic E-state index is 0.143. The topological polar surface area (TPSA) is 120 Å². The van der Waals surface area contributed by atoms with E-state index in [2.05, 4.69) is 21.9 Å². The van der Waals surface area contributed by atoms with Crippen LogP contribution in [0.4, 0.5) is 16.6 Å². The molecule has 35 heavy (non-hydrogen) atoms. The predicted octanol–water partition coefficient (Wildman–Crippen LogP) is 2.51. The smallest absolute Gasteiger partial charge is 0.326 e. The first-order chi connectivity index (χ1) is 16.9. The number of aromatic nitrogens is 2. The van der Waals surface area contributed by atoms with Gasteiger partial charge in [0.05, 0.1) is 18.3 Å². The molecule has 0 bridgehead atoms. The highest BCUT2D eigenvalue weighted by Gasteiger charge is 2.40. The highest BCUT2D eigenvalue weighted by Crippen LogP contribution is 2.33. The lowest BCUT2D eigenvalue weighted by Crippen LogP contribution is -2.52. The van der Waals surface area contributed by atoms with Crippen molar-refractivity contribution in [3.05, 3.63) is 71.7 Å². The maximum Gasteiger partial charge on any atom is 0.326 e. The van der Waals surface area contributed by atoms with Gasteiger partial charge in [-0.25, -0.2) is 9.78 Å². The van der Waals surface area contributed by atoms with Gasteiger partial charge >= 0.3 is 6.03 Å². The van der Waals surface area contributed by atoms with Crippen LogP contribution in [-0.2, 0) is 17.9 Å². The Labute approximate surface area is 204 Å². The summed E-state index contributed by atoms with van der Waals surface area (Å²) in [5.41, 5.74) is 8.94. The number of likely N-dealkylation sites (tertiary alicyclic amines) is 1. The van der Waals surface area contributed by atoms with Crippen molar-refractivity contribution in [1.29, 1.82) is 0 Å². The Morgan fingerprint density at radius 1 is 1.34 bits per heavy atom. The summed E-state index contributed by atoms with van der Waals surface area (Å²) in [6.07, 6.45) is 5.28. The molecule has 1 saturated heterocycles. The van der Waals surface area contributed by atoms with Gasteiger partial charge in [0.1, 0.15) is 5.82 Å². The number of amides is 3. The van der Waals surface area contributed by atoms with Crippen LogP contribution in [0.2, 0.25) is 0 Å². The van der Waals surface area contributed by atoms with Gasteiger partial charge in [0.2, 0.25) is 11.9 Å². The Balaban J connectivity index is 1.69. The number of allylic oxidation sites excluding steroid dienone is 2. The van der Waals surface area contributed by atoms with Gasteiger partial charge in [-0.15, -0.1) is 0 Å². The largest absolute Gasteiger partial charge is 0.401 e. The molecule has 1 atom stereocenters. The molecule has 10 heteroatoms. The molecule has 2 aliphatic rings. The molecule has 182 valence electrons. The van der Waals surface area contributed by atoms with E-state index in [1.165, 1.54) is 6.08 Å². The lowest BCUT2D eigenvalue weighted by molar-refractivity contribution is -0.125. The molecular weight excluding hydrogens is 444 g/mol. The third-order valence-corrected chi connectivity index (χ3v) is 6.07. The van der Waals surface area contributed by atoms with Crippen LogP contribution < -0.4 is 16.0 Å². The number of carbonyl (C=O) groups is 2. The van der Waals surface area contributed by atoms with Crippen molar-refractivity contribution < 1.29 is 9.59 Å². The Morgan fingerprint density at radius 2 is 2.11 bits per heavy atom. The van der Waals surface area contributed by atoms with Crippen LogP contribution >= 0.6 is 0 Å². The number of aliphatic imine (C=N–C) groups is 1. The van der Waals surface area contributed by atoms with Gasteiger partial charge in [0.25, 0.3) is 0 Å². The Bertz CT molecular complexity index is 1170. The molecule has 1 aromatic carbocycles. The minimum atomic E-state index is -0.213. The molecule has 3 amide bonds. The summed E-state index contributed by atoms with van der Waals surface area (Å²) in [5.74, 6) is 0.711. The van der Waals surface area contributed by atoms with Gasteiger partial charge < -0.3 is 20.9 Å². The van der Waals surface area contributed by atoms with E-state index in [-0.39, 0.29) is 18.0 Å². The molecule has 0 aliphatic carbocycles. The van der Waals surface area contributed by atoms with Crippen molar-refractivity contribution in [2.45, 2.75) is 32.5 Å². The van der Waals surface area contributed by atoms with Crippen molar-refractivity contribution in [2.75, 3.05) is 30.4 Å². The molecule has 10 nitrogen and oxygen atoms in total. The van der Waals surface area contributed by atoms with E-state index >= 15 is 0 Å². The fraction of sp³-hybridized carbons (Fsp3) is 0.320. The van der Waals surface area contributed by atoms with Crippen LogP contribution in [0, 0.1) is 0 Å². The van der Waals surface area contributed by atoms with Gasteiger partial charge in [-0.3, -0.25) is 14.7 Å². The quantitative estimate of drug-likeness (QED) is 0.470. The minimum Gasteiger partial charge on any atom is -0.401 e. The van der Waals surface area contributed by atoms with Gasteiger partial charge in [-0.1, -0.05) is 36.9 Å². The number of rotatable bonds is 7. The van der Waals surface area contributed by atoms with Gasteiger partial charge in [-0.05, 0) is 25.0 Å². The molecule has 1 fully saturated rings. The van der Waals surface area contributed by atoms with Crippen molar-refractivity contribution in [1.82, 2.24) is 19.8 Å². The summed E-state index contributed by atoms with van der Waals surface area (Å²) in [4.78, 5) is 44.4. The number of nitrogens with one attached hydrogen (secondary N) is 1. The molecule has 3 N–H and O–H groups in total. The second-order valence-corrected chi connectivity index (χ2v) is 8.58. The summed E-state index contributed by atoms with van der Waals surface area (Å²) >= 11 is 0. The Kier molecular flexibility index (Phi) is 7.09.